The fourth-order valence-electron chi connectivity index (χ4n) is 2.21. The summed E-state index contributed by atoms with van der Waals surface area (Å²) < 4.78 is 10.5. The molecule has 0 aliphatic carbocycles. The van der Waals surface area contributed by atoms with E-state index >= 15 is 0 Å². The Labute approximate surface area is 141 Å². The minimum atomic E-state index is -0.116. The van der Waals surface area contributed by atoms with Gasteiger partial charge in [0.2, 0.25) is 0 Å². The van der Waals surface area contributed by atoms with Gasteiger partial charge in [0.05, 0.1) is 24.8 Å². The first-order valence-corrected chi connectivity index (χ1v) is 8.39. The molecule has 0 aromatic heterocycles. The van der Waals surface area contributed by atoms with E-state index in [-0.39, 0.29) is 5.78 Å². The number of benzene rings is 1. The van der Waals surface area contributed by atoms with Gasteiger partial charge in [0.1, 0.15) is 16.5 Å². The molecule has 0 fully saturated rings. The van der Waals surface area contributed by atoms with Crippen LogP contribution in [0.1, 0.15) is 37.0 Å². The molecule has 6 heteroatoms. The van der Waals surface area contributed by atoms with Crippen molar-refractivity contribution in [3.63, 3.8) is 0 Å². The number of carbonyl (C=O) groups excluding carboxylic acids is 1. The van der Waals surface area contributed by atoms with Gasteiger partial charge in [-0.3, -0.25) is 9.80 Å². The van der Waals surface area contributed by atoms with Gasteiger partial charge in [0.15, 0.2) is 5.78 Å². The Kier molecular flexibility index (Phi) is 6.10. The molecule has 1 aromatic rings. The van der Waals surface area contributed by atoms with Gasteiger partial charge in [-0.25, -0.2) is 0 Å². The van der Waals surface area contributed by atoms with E-state index in [4.69, 9.17) is 9.47 Å². The number of thioether (sulfide) groups is 1. The Hall–Kier alpha value is -1.95. The molecule has 2 rings (SSSR count). The van der Waals surface area contributed by atoms with Crippen molar-refractivity contribution in [1.29, 1.82) is 0 Å². The maximum atomic E-state index is 12.7. The van der Waals surface area contributed by atoms with Crippen molar-refractivity contribution >= 4 is 22.6 Å². The standard InChI is InChI=1S/C17H22N2O3S/c1-5-6-9-19-17(23-12(2)18-19)11-15(20)14-10-13(21-3)7-8-16(14)22-4/h7-8,10-11H,5-6,9H2,1-4H3/b17-11-. The van der Waals surface area contributed by atoms with Crippen LogP contribution < -0.4 is 9.47 Å². The summed E-state index contributed by atoms with van der Waals surface area (Å²) in [5.41, 5.74) is 0.486. The highest BCUT2D eigenvalue weighted by Crippen LogP contribution is 2.32. The number of carbonyl (C=O) groups is 1. The predicted octanol–water partition coefficient (Wildman–Crippen LogP) is 3.91. The Bertz CT molecular complexity index is 641. The number of hydrogen-bond acceptors (Lipinski definition) is 6. The second kappa shape index (κ2) is 8.06. The Morgan fingerprint density at radius 3 is 2.78 bits per heavy atom. The van der Waals surface area contributed by atoms with E-state index in [9.17, 15) is 4.79 Å². The zero-order valence-electron chi connectivity index (χ0n) is 14.0. The van der Waals surface area contributed by atoms with Gasteiger partial charge >= 0.3 is 0 Å². The van der Waals surface area contributed by atoms with E-state index < -0.39 is 0 Å². The lowest BCUT2D eigenvalue weighted by molar-refractivity contribution is 0.104. The molecule has 1 aromatic carbocycles. The third-order valence-corrected chi connectivity index (χ3v) is 4.33. The first-order valence-electron chi connectivity index (χ1n) is 7.57. The first kappa shape index (κ1) is 17.4. The largest absolute Gasteiger partial charge is 0.497 e. The Morgan fingerprint density at radius 2 is 2.13 bits per heavy atom. The summed E-state index contributed by atoms with van der Waals surface area (Å²) in [5.74, 6) is 1.05. The van der Waals surface area contributed by atoms with Crippen LogP contribution in [0.2, 0.25) is 0 Å². The molecular weight excluding hydrogens is 312 g/mol. The quantitative estimate of drug-likeness (QED) is 0.559. The second-order valence-corrected chi connectivity index (χ2v) is 6.32. The van der Waals surface area contributed by atoms with Crippen LogP contribution in [-0.2, 0) is 0 Å². The average molecular weight is 334 g/mol. The number of nitrogens with zero attached hydrogens (tertiary/aromatic N) is 2. The topological polar surface area (TPSA) is 51.1 Å². The summed E-state index contributed by atoms with van der Waals surface area (Å²) in [5, 5.41) is 8.16. The van der Waals surface area contributed by atoms with Crippen LogP contribution in [0.25, 0.3) is 0 Å². The van der Waals surface area contributed by atoms with Crippen LogP contribution in [0.5, 0.6) is 11.5 Å². The van der Waals surface area contributed by atoms with Gasteiger partial charge in [-0.15, -0.1) is 0 Å². The zero-order chi connectivity index (χ0) is 16.8. The first-order chi connectivity index (χ1) is 11.1. The molecule has 23 heavy (non-hydrogen) atoms. The molecule has 1 aliphatic rings. The maximum Gasteiger partial charge on any atom is 0.192 e. The molecule has 124 valence electrons. The number of rotatable bonds is 7. The predicted molar refractivity (Wildman–Crippen MR) is 94.3 cm³/mol. The van der Waals surface area contributed by atoms with Gasteiger partial charge < -0.3 is 9.47 Å². The molecule has 0 radical (unpaired) electrons. The van der Waals surface area contributed by atoms with Crippen molar-refractivity contribution in [1.82, 2.24) is 5.01 Å². The third kappa shape index (κ3) is 4.28. The minimum Gasteiger partial charge on any atom is -0.497 e. The molecule has 0 atom stereocenters. The van der Waals surface area contributed by atoms with Crippen LogP contribution in [0.4, 0.5) is 0 Å². The van der Waals surface area contributed by atoms with E-state index in [0.717, 1.165) is 29.5 Å². The molecule has 1 aliphatic heterocycles. The summed E-state index contributed by atoms with van der Waals surface area (Å²) in [6, 6.07) is 5.21. The van der Waals surface area contributed by atoms with Crippen LogP contribution in [0, 0.1) is 0 Å². The van der Waals surface area contributed by atoms with Crippen molar-refractivity contribution in [2.75, 3.05) is 20.8 Å². The third-order valence-electron chi connectivity index (χ3n) is 3.42. The smallest absolute Gasteiger partial charge is 0.192 e. The van der Waals surface area contributed by atoms with Gasteiger partial charge in [-0.05, 0) is 31.5 Å². The number of allylic oxidation sites excluding steroid dienone is 1. The van der Waals surface area contributed by atoms with E-state index in [1.165, 1.54) is 11.8 Å². The van der Waals surface area contributed by atoms with Crippen molar-refractivity contribution < 1.29 is 14.3 Å². The Balaban J connectivity index is 2.26. The normalized spacial score (nSPS) is 15.7. The van der Waals surface area contributed by atoms with Gasteiger partial charge in [0, 0.05) is 12.6 Å². The molecular formula is C17H22N2O3S. The summed E-state index contributed by atoms with van der Waals surface area (Å²) in [4.78, 5) is 12.7. The lowest BCUT2D eigenvalue weighted by Crippen LogP contribution is -2.14. The molecule has 0 spiro atoms. The van der Waals surface area contributed by atoms with Crippen LogP contribution in [0.15, 0.2) is 34.4 Å². The number of hydrogen-bond donors (Lipinski definition) is 0. The molecule has 1 heterocycles. The SMILES string of the molecule is CCCCN1N=C(C)S/C1=C\C(=O)c1cc(OC)ccc1OC. The van der Waals surface area contributed by atoms with E-state index in [2.05, 4.69) is 12.0 Å². The highest BCUT2D eigenvalue weighted by Gasteiger charge is 2.21. The maximum absolute atomic E-state index is 12.7. The fourth-order valence-corrected chi connectivity index (χ4v) is 3.06. The molecule has 5 nitrogen and oxygen atoms in total. The summed E-state index contributed by atoms with van der Waals surface area (Å²) in [6.45, 7) is 4.89. The van der Waals surface area contributed by atoms with E-state index in [1.54, 1.807) is 38.5 Å². The van der Waals surface area contributed by atoms with Crippen LogP contribution in [0.3, 0.4) is 0 Å². The number of ether oxygens (including phenoxy) is 2. The lowest BCUT2D eigenvalue weighted by Gasteiger charge is -2.15. The summed E-state index contributed by atoms with van der Waals surface area (Å²) in [6.07, 6.45) is 3.74. The summed E-state index contributed by atoms with van der Waals surface area (Å²) >= 11 is 1.51. The second-order valence-electron chi connectivity index (χ2n) is 5.11. The van der Waals surface area contributed by atoms with Crippen molar-refractivity contribution in [2.24, 2.45) is 5.10 Å². The molecule has 0 unspecified atom stereocenters. The number of methoxy groups -OCH3 is 2. The van der Waals surface area contributed by atoms with Crippen LogP contribution >= 0.6 is 11.8 Å². The zero-order valence-corrected chi connectivity index (χ0v) is 14.8. The molecule has 0 amide bonds. The molecule has 0 bridgehead atoms. The molecule has 0 N–H and O–H groups in total. The van der Waals surface area contributed by atoms with Gasteiger partial charge in [-0.1, -0.05) is 25.1 Å². The van der Waals surface area contributed by atoms with Crippen molar-refractivity contribution in [2.45, 2.75) is 26.7 Å². The average Bonchev–Trinajstić information content (AvgIpc) is 2.91. The molecule has 0 saturated carbocycles. The van der Waals surface area contributed by atoms with Gasteiger partial charge in [0.25, 0.3) is 0 Å². The highest BCUT2D eigenvalue weighted by molar-refractivity contribution is 8.17. The van der Waals surface area contributed by atoms with Crippen LogP contribution in [-0.4, -0.2) is 36.6 Å². The highest BCUT2D eigenvalue weighted by atomic mass is 32.2. The summed E-state index contributed by atoms with van der Waals surface area (Å²) in [7, 11) is 3.13. The number of unbranched alkanes of at least 4 members (excludes halogenated alkanes) is 1. The number of ketones is 1. The monoisotopic (exact) mass is 334 g/mol. The number of hydrazone groups is 1. The van der Waals surface area contributed by atoms with E-state index in [1.807, 2.05) is 11.9 Å². The molecule has 0 saturated heterocycles. The minimum absolute atomic E-state index is 0.116. The van der Waals surface area contributed by atoms with Crippen molar-refractivity contribution in [3.8, 4) is 11.5 Å². The fraction of sp³-hybridized carbons (Fsp3) is 0.412. The van der Waals surface area contributed by atoms with E-state index in [0.29, 0.717) is 17.1 Å². The van der Waals surface area contributed by atoms with Gasteiger partial charge in [-0.2, -0.15) is 5.10 Å². The Morgan fingerprint density at radius 1 is 1.35 bits per heavy atom. The lowest BCUT2D eigenvalue weighted by atomic mass is 10.1. The van der Waals surface area contributed by atoms with Crippen molar-refractivity contribution in [3.05, 3.63) is 34.9 Å².